The van der Waals surface area contributed by atoms with Gasteiger partial charge in [-0.25, -0.2) is 0 Å². The Labute approximate surface area is 128 Å². The van der Waals surface area contributed by atoms with Crippen molar-refractivity contribution in [3.8, 4) is 6.07 Å². The number of hydrogen-bond donors (Lipinski definition) is 2. The number of amides is 2. The smallest absolute Gasteiger partial charge is 0.255 e. The quantitative estimate of drug-likeness (QED) is 0.908. The summed E-state index contributed by atoms with van der Waals surface area (Å²) in [5.74, 6) is -0.387. The van der Waals surface area contributed by atoms with Gasteiger partial charge in [0.15, 0.2) is 0 Å². The minimum Gasteiger partial charge on any atom is -0.326 e. The Balaban J connectivity index is 2.10. The van der Waals surface area contributed by atoms with Crippen molar-refractivity contribution in [3.05, 3.63) is 59.7 Å². The van der Waals surface area contributed by atoms with E-state index in [-0.39, 0.29) is 11.8 Å². The highest BCUT2D eigenvalue weighted by Gasteiger charge is 2.08. The van der Waals surface area contributed by atoms with E-state index in [2.05, 4.69) is 10.6 Å². The number of benzene rings is 2. The fourth-order valence-corrected chi connectivity index (χ4v) is 1.82. The lowest BCUT2D eigenvalue weighted by Crippen LogP contribution is -2.13. The third kappa shape index (κ3) is 3.93. The van der Waals surface area contributed by atoms with Gasteiger partial charge in [0.1, 0.15) is 0 Å². The summed E-state index contributed by atoms with van der Waals surface area (Å²) in [5, 5.41) is 14.2. The normalized spacial score (nSPS) is 9.64. The Morgan fingerprint density at radius 1 is 1.05 bits per heavy atom. The molecule has 0 aliphatic heterocycles. The van der Waals surface area contributed by atoms with Crippen LogP contribution < -0.4 is 10.6 Å². The number of carbonyl (C=O) groups excluding carboxylic acids is 2. The first kappa shape index (κ1) is 15.3. The van der Waals surface area contributed by atoms with Crippen LogP contribution in [0.25, 0.3) is 0 Å². The number of rotatable bonds is 4. The van der Waals surface area contributed by atoms with Crippen LogP contribution in [0.4, 0.5) is 11.4 Å². The van der Waals surface area contributed by atoms with Crippen LogP contribution in [0.1, 0.15) is 29.3 Å². The summed E-state index contributed by atoms with van der Waals surface area (Å²) in [6.07, 6.45) is 0.377. The largest absolute Gasteiger partial charge is 0.326 e. The minimum absolute atomic E-state index is 0.107. The van der Waals surface area contributed by atoms with E-state index in [0.717, 1.165) is 0 Å². The predicted molar refractivity (Wildman–Crippen MR) is 84.5 cm³/mol. The van der Waals surface area contributed by atoms with Crippen molar-refractivity contribution in [2.24, 2.45) is 0 Å². The van der Waals surface area contributed by atoms with E-state index in [4.69, 9.17) is 5.26 Å². The maximum Gasteiger partial charge on any atom is 0.255 e. The standard InChI is InChI=1S/C17H15N3O2/c1-2-16(21)19-15-5-3-4-13(10-15)17(22)20-14-8-6-12(11-18)7-9-14/h3-10H,2H2,1H3,(H,19,21)(H,20,22). The molecule has 2 aromatic rings. The Bertz CT molecular complexity index is 730. The summed E-state index contributed by atoms with van der Waals surface area (Å²) in [6.45, 7) is 1.76. The van der Waals surface area contributed by atoms with Crippen LogP contribution >= 0.6 is 0 Å². The fraction of sp³-hybridized carbons (Fsp3) is 0.118. The molecule has 0 saturated carbocycles. The molecule has 0 unspecified atom stereocenters. The van der Waals surface area contributed by atoms with E-state index in [1.807, 2.05) is 6.07 Å². The fourth-order valence-electron chi connectivity index (χ4n) is 1.82. The highest BCUT2D eigenvalue weighted by molar-refractivity contribution is 6.05. The Morgan fingerprint density at radius 2 is 1.77 bits per heavy atom. The number of nitrogens with one attached hydrogen (secondary N) is 2. The molecule has 22 heavy (non-hydrogen) atoms. The number of anilines is 2. The minimum atomic E-state index is -0.280. The molecule has 0 bridgehead atoms. The maximum atomic E-state index is 12.2. The zero-order chi connectivity index (χ0) is 15.9. The van der Waals surface area contributed by atoms with Gasteiger partial charge in [-0.3, -0.25) is 9.59 Å². The maximum absolute atomic E-state index is 12.2. The number of hydrogen-bond acceptors (Lipinski definition) is 3. The van der Waals surface area contributed by atoms with Crippen LogP contribution in [0.5, 0.6) is 0 Å². The van der Waals surface area contributed by atoms with Crippen LogP contribution in [0, 0.1) is 11.3 Å². The zero-order valence-corrected chi connectivity index (χ0v) is 12.1. The molecule has 2 rings (SSSR count). The number of carbonyl (C=O) groups is 2. The van der Waals surface area contributed by atoms with Crippen molar-refractivity contribution in [1.29, 1.82) is 5.26 Å². The summed E-state index contributed by atoms with van der Waals surface area (Å²) < 4.78 is 0. The molecule has 5 nitrogen and oxygen atoms in total. The molecule has 110 valence electrons. The summed E-state index contributed by atoms with van der Waals surface area (Å²) in [7, 11) is 0. The van der Waals surface area contributed by atoms with E-state index < -0.39 is 0 Å². The first-order valence-electron chi connectivity index (χ1n) is 6.84. The second kappa shape index (κ2) is 7.04. The molecule has 2 aromatic carbocycles. The van der Waals surface area contributed by atoms with Crippen LogP contribution in [0.15, 0.2) is 48.5 Å². The first-order valence-corrected chi connectivity index (χ1v) is 6.84. The molecule has 0 saturated heterocycles. The molecule has 2 N–H and O–H groups in total. The average Bonchev–Trinajstić information content (AvgIpc) is 2.55. The molecule has 0 heterocycles. The number of nitriles is 1. The SMILES string of the molecule is CCC(=O)Nc1cccc(C(=O)Nc2ccc(C#N)cc2)c1. The van der Waals surface area contributed by atoms with Gasteiger partial charge in [-0.1, -0.05) is 13.0 Å². The van der Waals surface area contributed by atoms with Gasteiger partial charge in [0.05, 0.1) is 11.6 Å². The lowest BCUT2D eigenvalue weighted by atomic mass is 10.1. The van der Waals surface area contributed by atoms with E-state index in [0.29, 0.717) is 28.9 Å². The monoisotopic (exact) mass is 293 g/mol. The second-order valence-electron chi connectivity index (χ2n) is 4.63. The lowest BCUT2D eigenvalue weighted by Gasteiger charge is -2.08. The lowest BCUT2D eigenvalue weighted by molar-refractivity contribution is -0.115. The van der Waals surface area contributed by atoms with Gasteiger partial charge in [-0.05, 0) is 42.5 Å². The summed E-state index contributed by atoms with van der Waals surface area (Å²) in [5.41, 5.74) is 2.16. The van der Waals surface area contributed by atoms with Crippen LogP contribution in [0.2, 0.25) is 0 Å². The average molecular weight is 293 g/mol. The second-order valence-corrected chi connectivity index (χ2v) is 4.63. The van der Waals surface area contributed by atoms with Gasteiger partial charge in [0.25, 0.3) is 5.91 Å². The van der Waals surface area contributed by atoms with Crippen molar-refractivity contribution in [1.82, 2.24) is 0 Å². The van der Waals surface area contributed by atoms with Gasteiger partial charge in [-0.15, -0.1) is 0 Å². The summed E-state index contributed by atoms with van der Waals surface area (Å²) in [6, 6.07) is 15.3. The van der Waals surface area contributed by atoms with E-state index in [1.165, 1.54) is 0 Å². The Kier molecular flexibility index (Phi) is 4.89. The Hall–Kier alpha value is -3.13. The zero-order valence-electron chi connectivity index (χ0n) is 12.1. The van der Waals surface area contributed by atoms with Gasteiger partial charge in [0, 0.05) is 23.4 Å². The highest BCUT2D eigenvalue weighted by Crippen LogP contribution is 2.14. The molecular formula is C17H15N3O2. The summed E-state index contributed by atoms with van der Waals surface area (Å²) >= 11 is 0. The molecule has 0 radical (unpaired) electrons. The van der Waals surface area contributed by atoms with Crippen molar-refractivity contribution < 1.29 is 9.59 Å². The molecule has 0 aromatic heterocycles. The predicted octanol–water partition coefficient (Wildman–Crippen LogP) is 3.16. The van der Waals surface area contributed by atoms with Crippen molar-refractivity contribution in [3.63, 3.8) is 0 Å². The van der Waals surface area contributed by atoms with Crippen molar-refractivity contribution in [2.75, 3.05) is 10.6 Å². The molecule has 0 spiro atoms. The molecule has 2 amide bonds. The van der Waals surface area contributed by atoms with Crippen LogP contribution in [-0.2, 0) is 4.79 Å². The van der Waals surface area contributed by atoms with Crippen LogP contribution in [-0.4, -0.2) is 11.8 Å². The highest BCUT2D eigenvalue weighted by atomic mass is 16.2. The van der Waals surface area contributed by atoms with Crippen molar-refractivity contribution >= 4 is 23.2 Å². The van der Waals surface area contributed by atoms with Gasteiger partial charge < -0.3 is 10.6 Å². The molecule has 0 aliphatic carbocycles. The molecular weight excluding hydrogens is 278 g/mol. The van der Waals surface area contributed by atoms with Gasteiger partial charge >= 0.3 is 0 Å². The third-order valence-electron chi connectivity index (χ3n) is 3.00. The van der Waals surface area contributed by atoms with E-state index in [9.17, 15) is 9.59 Å². The topological polar surface area (TPSA) is 82.0 Å². The third-order valence-corrected chi connectivity index (χ3v) is 3.00. The number of nitrogens with zero attached hydrogens (tertiary/aromatic N) is 1. The molecule has 5 heteroatoms. The van der Waals surface area contributed by atoms with Crippen LogP contribution in [0.3, 0.4) is 0 Å². The van der Waals surface area contributed by atoms with Gasteiger partial charge in [0.2, 0.25) is 5.91 Å². The van der Waals surface area contributed by atoms with E-state index >= 15 is 0 Å². The molecule has 0 aliphatic rings. The first-order chi connectivity index (χ1) is 10.6. The Morgan fingerprint density at radius 3 is 2.41 bits per heavy atom. The molecule has 0 fully saturated rings. The molecule has 0 atom stereocenters. The van der Waals surface area contributed by atoms with Crippen molar-refractivity contribution in [2.45, 2.75) is 13.3 Å². The van der Waals surface area contributed by atoms with Gasteiger partial charge in [-0.2, -0.15) is 5.26 Å². The van der Waals surface area contributed by atoms with E-state index in [1.54, 1.807) is 55.5 Å². The summed E-state index contributed by atoms with van der Waals surface area (Å²) in [4.78, 5) is 23.6.